The Morgan fingerprint density at radius 3 is 2.75 bits per heavy atom. The van der Waals surface area contributed by atoms with E-state index in [1.165, 1.54) is 6.20 Å². The molecule has 3 nitrogen and oxygen atoms in total. The smallest absolute Gasteiger partial charge is 0.354 e. The van der Waals surface area contributed by atoms with Gasteiger partial charge >= 0.3 is 6.18 Å². The van der Waals surface area contributed by atoms with Gasteiger partial charge < -0.3 is 10.6 Å². The van der Waals surface area contributed by atoms with Crippen LogP contribution in [-0.2, 0) is 6.18 Å². The van der Waals surface area contributed by atoms with Crippen LogP contribution >= 0.6 is 0 Å². The molecule has 0 amide bonds. The van der Waals surface area contributed by atoms with Crippen LogP contribution in [0.25, 0.3) is 0 Å². The first-order valence-corrected chi connectivity index (χ1v) is 6.97. The molecule has 2 rings (SSSR count). The number of rotatable bonds is 4. The summed E-state index contributed by atoms with van der Waals surface area (Å²) < 4.78 is 38.4. The van der Waals surface area contributed by atoms with Crippen molar-refractivity contribution in [1.29, 1.82) is 0 Å². The van der Waals surface area contributed by atoms with Gasteiger partial charge in [-0.05, 0) is 44.4 Å². The monoisotopic (exact) mass is 287 g/mol. The van der Waals surface area contributed by atoms with Crippen molar-refractivity contribution in [3.8, 4) is 0 Å². The Morgan fingerprint density at radius 2 is 2.15 bits per heavy atom. The molecule has 0 bridgehead atoms. The van der Waals surface area contributed by atoms with Crippen molar-refractivity contribution in [3.05, 3.63) is 23.9 Å². The lowest BCUT2D eigenvalue weighted by Gasteiger charge is -2.33. The van der Waals surface area contributed by atoms with E-state index < -0.39 is 11.7 Å². The lowest BCUT2D eigenvalue weighted by Crippen LogP contribution is -2.41. The molecule has 1 aromatic heterocycles. The number of hydrogen-bond donors (Lipinski definition) is 1. The van der Waals surface area contributed by atoms with E-state index in [2.05, 4.69) is 4.98 Å². The third-order valence-electron chi connectivity index (χ3n) is 4.03. The average molecular weight is 287 g/mol. The van der Waals surface area contributed by atoms with Crippen molar-refractivity contribution in [2.24, 2.45) is 11.7 Å². The third kappa shape index (κ3) is 3.06. The van der Waals surface area contributed by atoms with Gasteiger partial charge in [-0.15, -0.1) is 0 Å². The SMILES string of the molecule is CCN(c1cc(C(F)(F)F)ccn1)C1CCCC1CN. The Balaban J connectivity index is 2.28. The third-order valence-corrected chi connectivity index (χ3v) is 4.03. The normalized spacial score (nSPS) is 23.1. The summed E-state index contributed by atoms with van der Waals surface area (Å²) >= 11 is 0. The number of hydrogen-bond acceptors (Lipinski definition) is 3. The maximum absolute atomic E-state index is 12.8. The lowest BCUT2D eigenvalue weighted by molar-refractivity contribution is -0.137. The van der Waals surface area contributed by atoms with Crippen LogP contribution in [0.2, 0.25) is 0 Å². The van der Waals surface area contributed by atoms with E-state index in [1.807, 2.05) is 11.8 Å². The van der Waals surface area contributed by atoms with E-state index in [9.17, 15) is 13.2 Å². The molecule has 1 aliphatic rings. The number of aromatic nitrogens is 1. The van der Waals surface area contributed by atoms with Crippen molar-refractivity contribution in [1.82, 2.24) is 4.98 Å². The maximum Gasteiger partial charge on any atom is 0.416 e. The second-order valence-electron chi connectivity index (χ2n) is 5.18. The van der Waals surface area contributed by atoms with Gasteiger partial charge in [-0.25, -0.2) is 4.98 Å². The molecule has 2 unspecified atom stereocenters. The molecule has 112 valence electrons. The lowest BCUT2D eigenvalue weighted by atomic mass is 10.0. The van der Waals surface area contributed by atoms with Gasteiger partial charge in [-0.2, -0.15) is 13.2 Å². The fourth-order valence-corrected chi connectivity index (χ4v) is 3.02. The van der Waals surface area contributed by atoms with Crippen LogP contribution in [0.1, 0.15) is 31.7 Å². The van der Waals surface area contributed by atoms with Crippen molar-refractivity contribution < 1.29 is 13.2 Å². The summed E-state index contributed by atoms with van der Waals surface area (Å²) in [6.45, 7) is 3.14. The number of nitrogens with two attached hydrogens (primary N) is 1. The molecule has 2 atom stereocenters. The van der Waals surface area contributed by atoms with Gasteiger partial charge in [0.05, 0.1) is 5.56 Å². The zero-order valence-corrected chi connectivity index (χ0v) is 11.5. The molecule has 0 saturated heterocycles. The average Bonchev–Trinajstić information content (AvgIpc) is 2.87. The molecule has 0 spiro atoms. The summed E-state index contributed by atoms with van der Waals surface area (Å²) in [4.78, 5) is 6.08. The molecular weight excluding hydrogens is 267 g/mol. The van der Waals surface area contributed by atoms with E-state index in [1.54, 1.807) is 0 Å². The molecule has 1 aliphatic carbocycles. The predicted octanol–water partition coefficient (Wildman–Crippen LogP) is 3.05. The second kappa shape index (κ2) is 5.99. The maximum atomic E-state index is 12.8. The van der Waals surface area contributed by atoms with Crippen LogP contribution in [-0.4, -0.2) is 24.1 Å². The number of pyridine rings is 1. The fourth-order valence-electron chi connectivity index (χ4n) is 3.02. The number of anilines is 1. The first-order valence-electron chi connectivity index (χ1n) is 6.97. The topological polar surface area (TPSA) is 42.2 Å². The summed E-state index contributed by atoms with van der Waals surface area (Å²) in [5.74, 6) is 0.735. The van der Waals surface area contributed by atoms with Crippen LogP contribution in [0.4, 0.5) is 19.0 Å². The van der Waals surface area contributed by atoms with Crippen molar-refractivity contribution >= 4 is 5.82 Å². The van der Waals surface area contributed by atoms with Crippen LogP contribution < -0.4 is 10.6 Å². The van der Waals surface area contributed by atoms with Crippen LogP contribution in [0, 0.1) is 5.92 Å². The van der Waals surface area contributed by atoms with Gasteiger partial charge in [0, 0.05) is 18.8 Å². The zero-order valence-electron chi connectivity index (χ0n) is 11.5. The van der Waals surface area contributed by atoms with Crippen molar-refractivity contribution in [2.75, 3.05) is 18.0 Å². The molecule has 1 saturated carbocycles. The van der Waals surface area contributed by atoms with Gasteiger partial charge in [-0.3, -0.25) is 0 Å². The van der Waals surface area contributed by atoms with E-state index in [0.717, 1.165) is 31.4 Å². The van der Waals surface area contributed by atoms with E-state index >= 15 is 0 Å². The highest BCUT2D eigenvalue weighted by Gasteiger charge is 2.34. The fraction of sp³-hybridized carbons (Fsp3) is 0.643. The van der Waals surface area contributed by atoms with E-state index in [0.29, 0.717) is 24.8 Å². The summed E-state index contributed by atoms with van der Waals surface area (Å²) in [6, 6.07) is 2.34. The largest absolute Gasteiger partial charge is 0.416 e. The Labute approximate surface area is 117 Å². The first-order chi connectivity index (χ1) is 9.47. The summed E-state index contributed by atoms with van der Waals surface area (Å²) in [7, 11) is 0. The van der Waals surface area contributed by atoms with Crippen LogP contribution in [0.15, 0.2) is 18.3 Å². The molecule has 1 heterocycles. The Kier molecular flexibility index (Phi) is 4.52. The molecule has 0 aromatic carbocycles. The summed E-state index contributed by atoms with van der Waals surface area (Å²) in [5.41, 5.74) is 5.12. The molecular formula is C14H20F3N3. The Morgan fingerprint density at radius 1 is 1.40 bits per heavy atom. The molecule has 6 heteroatoms. The molecule has 1 aromatic rings. The van der Waals surface area contributed by atoms with Gasteiger partial charge in [0.25, 0.3) is 0 Å². The molecule has 0 aliphatic heterocycles. The number of alkyl halides is 3. The predicted molar refractivity (Wildman–Crippen MR) is 72.4 cm³/mol. The quantitative estimate of drug-likeness (QED) is 0.925. The highest BCUT2D eigenvalue weighted by atomic mass is 19.4. The summed E-state index contributed by atoms with van der Waals surface area (Å²) in [5, 5.41) is 0. The van der Waals surface area contributed by atoms with Crippen molar-refractivity contribution in [3.63, 3.8) is 0 Å². The minimum absolute atomic E-state index is 0.195. The molecule has 1 fully saturated rings. The minimum Gasteiger partial charge on any atom is -0.354 e. The molecule has 0 radical (unpaired) electrons. The van der Waals surface area contributed by atoms with Crippen molar-refractivity contribution in [2.45, 2.75) is 38.4 Å². The minimum atomic E-state index is -4.33. The molecule has 2 N–H and O–H groups in total. The standard InChI is InChI=1S/C14H20F3N3/c1-2-20(12-5-3-4-10(12)9-18)13-8-11(6-7-19-13)14(15,16)17/h6-8,10,12H,2-5,9,18H2,1H3. The van der Waals surface area contributed by atoms with E-state index in [-0.39, 0.29) is 6.04 Å². The van der Waals surface area contributed by atoms with Gasteiger partial charge in [-0.1, -0.05) is 6.42 Å². The number of halogens is 3. The van der Waals surface area contributed by atoms with E-state index in [4.69, 9.17) is 5.73 Å². The second-order valence-corrected chi connectivity index (χ2v) is 5.18. The van der Waals surface area contributed by atoms with Gasteiger partial charge in [0.2, 0.25) is 0 Å². The Bertz CT molecular complexity index is 448. The Hall–Kier alpha value is -1.30. The zero-order chi connectivity index (χ0) is 14.8. The highest BCUT2D eigenvalue weighted by molar-refractivity contribution is 5.43. The van der Waals surface area contributed by atoms with Crippen LogP contribution in [0.5, 0.6) is 0 Å². The molecule has 20 heavy (non-hydrogen) atoms. The highest BCUT2D eigenvalue weighted by Crippen LogP contribution is 2.34. The summed E-state index contributed by atoms with van der Waals surface area (Å²) in [6.07, 6.45) is -0.0283. The van der Waals surface area contributed by atoms with Crippen LogP contribution in [0.3, 0.4) is 0 Å². The number of nitrogens with zero attached hydrogens (tertiary/aromatic N) is 2. The van der Waals surface area contributed by atoms with Gasteiger partial charge in [0.15, 0.2) is 0 Å². The first kappa shape index (κ1) is 15.1. The van der Waals surface area contributed by atoms with Gasteiger partial charge in [0.1, 0.15) is 5.82 Å².